The second kappa shape index (κ2) is 8.68. The lowest BCUT2D eigenvalue weighted by atomic mass is 10.3. The molecule has 0 aliphatic rings. The fourth-order valence-corrected chi connectivity index (χ4v) is 2.86. The zero-order chi connectivity index (χ0) is 15.7. The number of hydrazine groups is 1. The molecule has 1 rings (SSSR count). The minimum absolute atomic E-state index is 0.0809. The van der Waals surface area contributed by atoms with Crippen molar-refractivity contribution in [1.82, 2.24) is 20.9 Å². The van der Waals surface area contributed by atoms with Crippen LogP contribution in [0.2, 0.25) is 0 Å². The van der Waals surface area contributed by atoms with E-state index in [2.05, 4.69) is 20.9 Å². The van der Waals surface area contributed by atoms with E-state index in [0.717, 1.165) is 0 Å². The number of nitrogens with zero attached hydrogens (tertiary/aromatic N) is 1. The molecule has 0 bridgehead atoms. The molecule has 0 spiro atoms. The van der Waals surface area contributed by atoms with Gasteiger partial charge in [0, 0.05) is 18.0 Å². The molecule has 0 unspecified atom stereocenters. The number of amides is 1. The molecule has 0 saturated heterocycles. The Hall–Kier alpha value is -1.54. The summed E-state index contributed by atoms with van der Waals surface area (Å²) in [5.74, 6) is -0.413. The predicted octanol–water partition coefficient (Wildman–Crippen LogP) is 1.37. The van der Waals surface area contributed by atoms with E-state index in [1.165, 1.54) is 12.4 Å². The molecular weight excluding hydrogens is 315 g/mol. The normalized spacial score (nSPS) is 10.8. The van der Waals surface area contributed by atoms with E-state index in [0.29, 0.717) is 5.56 Å². The van der Waals surface area contributed by atoms with E-state index < -0.39 is 13.7 Å². The van der Waals surface area contributed by atoms with Gasteiger partial charge in [-0.2, -0.15) is 0 Å². The summed E-state index contributed by atoms with van der Waals surface area (Å²) in [6.07, 6.45) is 2.98. The van der Waals surface area contributed by atoms with Crippen LogP contribution in [0.25, 0.3) is 0 Å². The lowest BCUT2D eigenvalue weighted by Crippen LogP contribution is -2.46. The van der Waals surface area contributed by atoms with Crippen LogP contribution in [0.4, 0.5) is 0 Å². The molecule has 21 heavy (non-hydrogen) atoms. The van der Waals surface area contributed by atoms with E-state index in [-0.39, 0.29) is 18.3 Å². The van der Waals surface area contributed by atoms with Crippen molar-refractivity contribution in [3.63, 3.8) is 0 Å². The van der Waals surface area contributed by atoms with Gasteiger partial charge in [-0.1, -0.05) is 0 Å². The van der Waals surface area contributed by atoms with Gasteiger partial charge in [0.15, 0.2) is 5.11 Å². The van der Waals surface area contributed by atoms with Gasteiger partial charge in [-0.05, 0) is 38.2 Å². The quantitative estimate of drug-likeness (QED) is 0.408. The minimum atomic E-state index is -3.52. The molecule has 1 amide bonds. The highest BCUT2D eigenvalue weighted by Gasteiger charge is 2.24. The molecule has 10 heteroatoms. The van der Waals surface area contributed by atoms with Gasteiger partial charge in [-0.25, -0.2) is 4.57 Å². The third-order valence-electron chi connectivity index (χ3n) is 2.07. The first kappa shape index (κ1) is 17.5. The highest BCUT2D eigenvalue weighted by Crippen LogP contribution is 2.43. The first-order valence-corrected chi connectivity index (χ1v) is 8.13. The summed E-state index contributed by atoms with van der Waals surface area (Å²) in [6.45, 7) is 3.73. The van der Waals surface area contributed by atoms with Crippen LogP contribution in [0.5, 0.6) is 0 Å². The number of aromatic nitrogens is 1. The van der Waals surface area contributed by atoms with Gasteiger partial charge in [0.25, 0.3) is 5.91 Å². The van der Waals surface area contributed by atoms with Crippen molar-refractivity contribution in [3.8, 4) is 0 Å². The van der Waals surface area contributed by atoms with Crippen LogP contribution < -0.4 is 15.9 Å². The van der Waals surface area contributed by atoms with Gasteiger partial charge in [-0.15, -0.1) is 0 Å². The lowest BCUT2D eigenvalue weighted by molar-refractivity contribution is 0.0943. The molecular formula is C11H17N4O4PS. The van der Waals surface area contributed by atoms with Gasteiger partial charge < -0.3 is 0 Å². The van der Waals surface area contributed by atoms with Gasteiger partial charge >= 0.3 is 7.75 Å². The highest BCUT2D eigenvalue weighted by molar-refractivity contribution is 7.81. The van der Waals surface area contributed by atoms with Gasteiger partial charge in [0.2, 0.25) is 0 Å². The van der Waals surface area contributed by atoms with Crippen LogP contribution >= 0.6 is 20.0 Å². The molecule has 0 fully saturated rings. The molecule has 1 aromatic rings. The number of carbonyl (C=O) groups excluding carboxylic acids is 1. The molecule has 0 aliphatic carbocycles. The lowest BCUT2D eigenvalue weighted by Gasteiger charge is -2.19. The van der Waals surface area contributed by atoms with E-state index in [1.54, 1.807) is 26.0 Å². The number of hydrogen-bond acceptors (Lipinski definition) is 6. The molecule has 0 atom stereocenters. The molecule has 0 saturated carbocycles. The van der Waals surface area contributed by atoms with E-state index in [4.69, 9.17) is 21.3 Å². The second-order valence-corrected chi connectivity index (χ2v) is 5.73. The Morgan fingerprint density at radius 3 is 2.33 bits per heavy atom. The van der Waals surface area contributed by atoms with Crippen molar-refractivity contribution in [2.24, 2.45) is 0 Å². The number of nitrogens with one attached hydrogen (secondary N) is 3. The molecule has 0 aliphatic heterocycles. The monoisotopic (exact) mass is 332 g/mol. The first-order chi connectivity index (χ1) is 10.0. The summed E-state index contributed by atoms with van der Waals surface area (Å²) >= 11 is 4.92. The maximum Gasteiger partial charge on any atom is 0.434 e. The van der Waals surface area contributed by atoms with Crippen molar-refractivity contribution in [2.75, 3.05) is 13.2 Å². The molecule has 3 N–H and O–H groups in total. The van der Waals surface area contributed by atoms with Crippen LogP contribution in [0.1, 0.15) is 24.2 Å². The SMILES string of the molecule is CCOP(=O)(NC(=S)NNC(=O)c1ccncc1)OCC. The maximum atomic E-state index is 12.1. The number of rotatable bonds is 6. The Bertz CT molecular complexity index is 518. The Morgan fingerprint density at radius 2 is 1.81 bits per heavy atom. The smallest absolute Gasteiger partial charge is 0.293 e. The van der Waals surface area contributed by atoms with E-state index in [1.807, 2.05) is 0 Å². The fraction of sp³-hybridized carbons (Fsp3) is 0.364. The number of pyridine rings is 1. The summed E-state index contributed by atoms with van der Waals surface area (Å²) in [4.78, 5) is 15.5. The molecule has 1 aromatic heterocycles. The van der Waals surface area contributed by atoms with Crippen LogP contribution in [-0.4, -0.2) is 29.2 Å². The Labute approximate surface area is 128 Å². The van der Waals surface area contributed by atoms with Crippen molar-refractivity contribution in [3.05, 3.63) is 30.1 Å². The van der Waals surface area contributed by atoms with E-state index in [9.17, 15) is 9.36 Å². The van der Waals surface area contributed by atoms with E-state index >= 15 is 0 Å². The number of carbonyl (C=O) groups is 1. The summed E-state index contributed by atoms with van der Waals surface area (Å²) in [5.41, 5.74) is 5.18. The third-order valence-corrected chi connectivity index (χ3v) is 4.12. The van der Waals surface area contributed by atoms with Crippen molar-refractivity contribution >= 4 is 31.0 Å². The van der Waals surface area contributed by atoms with Gasteiger partial charge in [-0.3, -0.25) is 34.8 Å². The summed E-state index contributed by atoms with van der Waals surface area (Å²) in [7, 11) is -3.52. The largest absolute Gasteiger partial charge is 0.434 e. The van der Waals surface area contributed by atoms with Crippen molar-refractivity contribution in [2.45, 2.75) is 13.8 Å². The predicted molar refractivity (Wildman–Crippen MR) is 81.4 cm³/mol. The van der Waals surface area contributed by atoms with Gasteiger partial charge in [0.1, 0.15) is 0 Å². The number of hydrogen-bond donors (Lipinski definition) is 3. The molecule has 1 heterocycles. The molecule has 0 radical (unpaired) electrons. The Balaban J connectivity index is 2.50. The first-order valence-electron chi connectivity index (χ1n) is 6.18. The summed E-state index contributed by atoms with van der Waals surface area (Å²) in [6, 6.07) is 3.08. The van der Waals surface area contributed by atoms with Crippen LogP contribution in [0.3, 0.4) is 0 Å². The highest BCUT2D eigenvalue weighted by atomic mass is 32.1. The average molecular weight is 332 g/mol. The van der Waals surface area contributed by atoms with Crippen LogP contribution in [-0.2, 0) is 13.6 Å². The van der Waals surface area contributed by atoms with Crippen molar-refractivity contribution in [1.29, 1.82) is 0 Å². The summed E-state index contributed by atoms with van der Waals surface area (Å²) < 4.78 is 22.1. The zero-order valence-corrected chi connectivity index (χ0v) is 13.4. The fourth-order valence-electron chi connectivity index (χ4n) is 1.28. The number of thiocarbonyl (C=S) groups is 1. The van der Waals surface area contributed by atoms with Crippen LogP contribution in [0, 0.1) is 0 Å². The zero-order valence-electron chi connectivity index (χ0n) is 11.7. The van der Waals surface area contributed by atoms with Crippen molar-refractivity contribution < 1.29 is 18.4 Å². The second-order valence-electron chi connectivity index (χ2n) is 3.59. The molecule has 116 valence electrons. The standard InChI is InChI=1S/C11H17N4O4PS/c1-3-18-20(17,19-4-2)15-11(21)14-13-10(16)9-5-7-12-8-6-9/h5-8H,3-4H2,1-2H3,(H,13,16)(H2,14,15,17,21). The Morgan fingerprint density at radius 1 is 1.24 bits per heavy atom. The topological polar surface area (TPSA) is 102 Å². The maximum absolute atomic E-state index is 12.1. The molecule has 0 aromatic carbocycles. The average Bonchev–Trinajstić information content (AvgIpc) is 2.46. The summed E-state index contributed by atoms with van der Waals surface area (Å²) in [5, 5.41) is 2.33. The van der Waals surface area contributed by atoms with Crippen LogP contribution in [0.15, 0.2) is 24.5 Å². The third kappa shape index (κ3) is 6.17. The van der Waals surface area contributed by atoms with Gasteiger partial charge in [0.05, 0.1) is 13.2 Å². The molecule has 8 nitrogen and oxygen atoms in total. The minimum Gasteiger partial charge on any atom is -0.293 e. The Kier molecular flexibility index (Phi) is 7.24.